The van der Waals surface area contributed by atoms with Gasteiger partial charge in [-0.1, -0.05) is 158 Å². The Labute approximate surface area is 292 Å². The van der Waals surface area contributed by atoms with Crippen molar-refractivity contribution in [2.45, 2.75) is 17.8 Å². The fraction of sp³-hybridized carbons (Fsp3) is 0.0612. The molecular formula is C49H32O. The molecule has 0 fully saturated rings. The minimum atomic E-state index is -0.409. The number of rotatable bonds is 2. The zero-order valence-electron chi connectivity index (χ0n) is 27.7. The van der Waals surface area contributed by atoms with Crippen molar-refractivity contribution in [1.29, 1.82) is 0 Å². The summed E-state index contributed by atoms with van der Waals surface area (Å²) in [6, 6.07) is 64.9. The Morgan fingerprint density at radius 1 is 0.400 bits per heavy atom. The zero-order chi connectivity index (χ0) is 33.0. The van der Waals surface area contributed by atoms with Gasteiger partial charge in [0.2, 0.25) is 0 Å². The van der Waals surface area contributed by atoms with Crippen molar-refractivity contribution < 1.29 is 4.74 Å². The molecule has 1 spiro atoms. The molecule has 0 saturated carbocycles. The zero-order valence-corrected chi connectivity index (χ0v) is 27.7. The van der Waals surface area contributed by atoms with Gasteiger partial charge in [0.15, 0.2) is 0 Å². The van der Waals surface area contributed by atoms with E-state index >= 15 is 0 Å². The van der Waals surface area contributed by atoms with Crippen molar-refractivity contribution in [2.75, 3.05) is 0 Å². The van der Waals surface area contributed by atoms with Gasteiger partial charge in [-0.15, -0.1) is 0 Å². The number of ether oxygens (including phenoxy) is 1. The van der Waals surface area contributed by atoms with Gasteiger partial charge in [0.05, 0.1) is 5.41 Å². The predicted molar refractivity (Wildman–Crippen MR) is 204 cm³/mol. The summed E-state index contributed by atoms with van der Waals surface area (Å²) in [6.07, 6.45) is 0. The van der Waals surface area contributed by atoms with Crippen molar-refractivity contribution in [3.63, 3.8) is 0 Å². The summed E-state index contributed by atoms with van der Waals surface area (Å²) in [5, 5.41) is 2.57. The molecular weight excluding hydrogens is 605 g/mol. The quantitative estimate of drug-likeness (QED) is 0.183. The third-order valence-electron chi connectivity index (χ3n) is 11.8. The van der Waals surface area contributed by atoms with Gasteiger partial charge in [0.25, 0.3) is 0 Å². The van der Waals surface area contributed by atoms with E-state index in [9.17, 15) is 0 Å². The van der Waals surface area contributed by atoms with Crippen LogP contribution in [0.3, 0.4) is 0 Å². The normalized spacial score (nSPS) is 16.9. The van der Waals surface area contributed by atoms with E-state index in [0.717, 1.165) is 17.1 Å². The third-order valence-corrected chi connectivity index (χ3v) is 11.8. The van der Waals surface area contributed by atoms with Crippen molar-refractivity contribution in [1.82, 2.24) is 0 Å². The second kappa shape index (κ2) is 9.94. The van der Waals surface area contributed by atoms with Gasteiger partial charge < -0.3 is 4.74 Å². The lowest BCUT2D eigenvalue weighted by atomic mass is 9.69. The van der Waals surface area contributed by atoms with E-state index in [2.05, 4.69) is 183 Å². The van der Waals surface area contributed by atoms with E-state index in [0.29, 0.717) is 0 Å². The highest BCUT2D eigenvalue weighted by Gasteiger charge is 2.52. The van der Waals surface area contributed by atoms with Crippen molar-refractivity contribution >= 4 is 10.8 Å². The Kier molecular flexibility index (Phi) is 5.51. The average Bonchev–Trinajstić information content (AvgIpc) is 3.65. The molecule has 0 N–H and O–H groups in total. The molecule has 1 heterocycles. The largest absolute Gasteiger partial charge is 0.457 e. The van der Waals surface area contributed by atoms with E-state index in [1.54, 1.807) is 0 Å². The van der Waals surface area contributed by atoms with Crippen LogP contribution in [-0.2, 0) is 10.8 Å². The number of para-hydroxylation sites is 1. The van der Waals surface area contributed by atoms with Crippen LogP contribution in [0.4, 0.5) is 0 Å². The molecule has 2 aliphatic carbocycles. The Hall–Kier alpha value is -6.18. The minimum Gasteiger partial charge on any atom is -0.457 e. The molecule has 1 atom stereocenters. The van der Waals surface area contributed by atoms with Crippen molar-refractivity contribution in [3.05, 3.63) is 215 Å². The Bertz CT molecular complexity index is 2660. The van der Waals surface area contributed by atoms with Crippen LogP contribution in [0.5, 0.6) is 11.5 Å². The maximum absolute atomic E-state index is 6.73. The van der Waals surface area contributed by atoms with Gasteiger partial charge in [-0.25, -0.2) is 0 Å². The molecule has 50 heavy (non-hydrogen) atoms. The van der Waals surface area contributed by atoms with E-state index < -0.39 is 5.41 Å². The van der Waals surface area contributed by atoms with Crippen LogP contribution in [0, 0.1) is 0 Å². The van der Waals surface area contributed by atoms with Gasteiger partial charge in [-0.2, -0.15) is 0 Å². The average molecular weight is 637 g/mol. The van der Waals surface area contributed by atoms with Crippen LogP contribution in [0.15, 0.2) is 176 Å². The van der Waals surface area contributed by atoms with Crippen molar-refractivity contribution in [3.8, 4) is 44.9 Å². The lowest BCUT2D eigenvalue weighted by molar-refractivity contribution is 0.427. The molecule has 1 aliphatic heterocycles. The van der Waals surface area contributed by atoms with E-state index in [4.69, 9.17) is 4.74 Å². The minimum absolute atomic E-state index is 0.341. The summed E-state index contributed by atoms with van der Waals surface area (Å²) in [6.45, 7) is 2.33. The maximum atomic E-state index is 6.73. The highest BCUT2D eigenvalue weighted by molar-refractivity contribution is 6.06. The molecule has 0 saturated heterocycles. The first-order valence-corrected chi connectivity index (χ1v) is 17.5. The van der Waals surface area contributed by atoms with Crippen LogP contribution in [0.1, 0.15) is 45.9 Å². The van der Waals surface area contributed by atoms with Crippen LogP contribution in [-0.4, -0.2) is 0 Å². The standard InChI is InChI=1S/C49H32O/c1-48(34-14-3-2-4-15-34)41-21-11-12-22-45(41)50-46-30-33(25-27-42(46)48)32-23-26-38-44(29-32)49(43-28-24-31-13-5-6-16-35(31)47(38)43)39-19-9-7-17-36(39)37-18-8-10-20-40(37)49/h2-30H,1H3. The van der Waals surface area contributed by atoms with Gasteiger partial charge in [0, 0.05) is 16.5 Å². The fourth-order valence-electron chi connectivity index (χ4n) is 9.60. The molecule has 1 nitrogen and oxygen atoms in total. The van der Waals surface area contributed by atoms with Gasteiger partial charge in [-0.05, 0) is 97.1 Å². The predicted octanol–water partition coefficient (Wildman–Crippen LogP) is 12.3. The molecule has 8 aromatic rings. The summed E-state index contributed by atoms with van der Waals surface area (Å²) >= 11 is 0. The summed E-state index contributed by atoms with van der Waals surface area (Å²) in [4.78, 5) is 0. The van der Waals surface area contributed by atoms with Crippen LogP contribution < -0.4 is 4.74 Å². The second-order valence-electron chi connectivity index (χ2n) is 14.1. The molecule has 0 radical (unpaired) electrons. The molecule has 1 unspecified atom stereocenters. The second-order valence-corrected chi connectivity index (χ2v) is 14.1. The Morgan fingerprint density at radius 3 is 1.80 bits per heavy atom. The summed E-state index contributed by atoms with van der Waals surface area (Å²) in [5.41, 5.74) is 15.9. The van der Waals surface area contributed by atoms with Gasteiger partial charge >= 0.3 is 0 Å². The van der Waals surface area contributed by atoms with Crippen molar-refractivity contribution in [2.24, 2.45) is 0 Å². The lowest BCUT2D eigenvalue weighted by Gasteiger charge is -2.38. The SMILES string of the molecule is CC1(c2ccccc2)c2ccccc2Oc2cc(-c3ccc4c(c3)C3(c5ccccc5-c5ccccc53)c3ccc5ccccc5c3-4)ccc21. The van der Waals surface area contributed by atoms with E-state index in [-0.39, 0.29) is 5.41 Å². The number of benzene rings is 8. The number of fused-ring (bicyclic) bond motifs is 14. The van der Waals surface area contributed by atoms with E-state index in [1.165, 1.54) is 77.5 Å². The molecule has 3 aliphatic rings. The van der Waals surface area contributed by atoms with Gasteiger partial charge in [-0.3, -0.25) is 0 Å². The highest BCUT2D eigenvalue weighted by Crippen LogP contribution is 2.64. The fourth-order valence-corrected chi connectivity index (χ4v) is 9.60. The molecule has 0 amide bonds. The lowest BCUT2D eigenvalue weighted by Crippen LogP contribution is -2.29. The summed E-state index contributed by atoms with van der Waals surface area (Å²) < 4.78 is 6.73. The van der Waals surface area contributed by atoms with E-state index in [1.807, 2.05) is 0 Å². The summed E-state index contributed by atoms with van der Waals surface area (Å²) in [5.74, 6) is 1.83. The number of hydrogen-bond donors (Lipinski definition) is 0. The Morgan fingerprint density at radius 2 is 1.00 bits per heavy atom. The first-order valence-electron chi connectivity index (χ1n) is 17.5. The molecule has 0 bridgehead atoms. The molecule has 0 aromatic heterocycles. The monoisotopic (exact) mass is 636 g/mol. The molecule has 1 heteroatoms. The molecule has 234 valence electrons. The molecule has 11 rings (SSSR count). The topological polar surface area (TPSA) is 9.23 Å². The first-order chi connectivity index (χ1) is 24.7. The highest BCUT2D eigenvalue weighted by atomic mass is 16.5. The van der Waals surface area contributed by atoms with Crippen LogP contribution >= 0.6 is 0 Å². The maximum Gasteiger partial charge on any atom is 0.132 e. The third kappa shape index (κ3) is 3.42. The van der Waals surface area contributed by atoms with Gasteiger partial charge in [0.1, 0.15) is 11.5 Å². The van der Waals surface area contributed by atoms with Crippen LogP contribution in [0.25, 0.3) is 44.2 Å². The summed E-state index contributed by atoms with van der Waals surface area (Å²) in [7, 11) is 0. The first kappa shape index (κ1) is 27.7. The Balaban J connectivity index is 1.16. The molecule has 8 aromatic carbocycles. The smallest absolute Gasteiger partial charge is 0.132 e. The van der Waals surface area contributed by atoms with Crippen LogP contribution in [0.2, 0.25) is 0 Å². The number of hydrogen-bond acceptors (Lipinski definition) is 1.